The molecular weight excluding hydrogens is 380 g/mol. The van der Waals surface area contributed by atoms with Gasteiger partial charge in [0.25, 0.3) is 0 Å². The Morgan fingerprint density at radius 1 is 0.897 bits per heavy atom. The third kappa shape index (κ3) is 3.49. The number of ether oxygens (including phenoxy) is 1. The smallest absolute Gasteiger partial charge is 0.228 e. The monoisotopic (exact) mass is 406 g/mol. The molecule has 0 radical (unpaired) electrons. The Morgan fingerprint density at radius 3 is 2.07 bits per heavy atom. The Hall–Kier alpha value is -2.50. The minimum absolute atomic E-state index is 0.0510. The van der Waals surface area contributed by atoms with Gasteiger partial charge in [-0.05, 0) is 31.6 Å². The summed E-state index contributed by atoms with van der Waals surface area (Å²) >= 11 is 0. The Bertz CT molecular complexity index is 987. The van der Waals surface area contributed by atoms with E-state index >= 15 is 0 Å². The summed E-state index contributed by atoms with van der Waals surface area (Å²) < 4.78 is 12.6. The number of hydrogen-bond acceptors (Lipinski definition) is 4. The lowest BCUT2D eigenvalue weighted by molar-refractivity contribution is -0.105. The second-order valence-electron chi connectivity index (χ2n) is 8.62. The number of carbonyl (C=O) groups is 2. The quantitative estimate of drug-likeness (QED) is 0.643. The number of hydrogen-bond donors (Lipinski definition) is 0. The highest BCUT2D eigenvalue weighted by Gasteiger charge is 2.48. The van der Waals surface area contributed by atoms with Crippen molar-refractivity contribution in [1.29, 1.82) is 0 Å². The molecule has 0 amide bonds. The van der Waals surface area contributed by atoms with Crippen LogP contribution in [0.5, 0.6) is 0 Å². The first-order valence-corrected chi connectivity index (χ1v) is 13.5. The molecule has 2 aromatic rings. The number of rotatable bonds is 4. The van der Waals surface area contributed by atoms with Gasteiger partial charge in [-0.15, -0.1) is 0 Å². The van der Waals surface area contributed by atoms with Gasteiger partial charge in [-0.25, -0.2) is 0 Å². The number of benzene rings is 2. The molecule has 0 fully saturated rings. The van der Waals surface area contributed by atoms with Crippen LogP contribution in [0.15, 0.2) is 65.9 Å². The van der Waals surface area contributed by atoms with Gasteiger partial charge in [0.2, 0.25) is 5.78 Å². The average molecular weight is 407 g/mol. The highest BCUT2D eigenvalue weighted by atomic mass is 28.4. The second-order valence-corrected chi connectivity index (χ2v) is 13.1. The van der Waals surface area contributed by atoms with Crippen molar-refractivity contribution in [2.24, 2.45) is 5.92 Å². The molecule has 0 aromatic heterocycles. The summed E-state index contributed by atoms with van der Waals surface area (Å²) in [5.41, 5.74) is 2.35. The number of Topliss-reactive ketones (excluding diaryl/α,β-unsaturated/α-hetero) is 2. The lowest BCUT2D eigenvalue weighted by Gasteiger charge is -2.43. The highest BCUT2D eigenvalue weighted by Crippen LogP contribution is 2.47. The fourth-order valence-corrected chi connectivity index (χ4v) is 5.23. The van der Waals surface area contributed by atoms with Crippen LogP contribution in [0.25, 0.3) is 0 Å². The minimum atomic E-state index is -1.94. The molecule has 1 aliphatic heterocycles. The molecule has 2 aromatic carbocycles. The highest BCUT2D eigenvalue weighted by molar-refractivity contribution is 6.69. The SMILES string of the molecule is CC[C@H]1[C@@H](O[Si](C)(C)C)OC2=C(C(=O)c3ccccc3C2=O)[C@@H]1c1ccccc1. The van der Waals surface area contributed by atoms with Gasteiger partial charge in [-0.2, -0.15) is 0 Å². The van der Waals surface area contributed by atoms with Crippen molar-refractivity contribution in [3.63, 3.8) is 0 Å². The number of fused-ring (bicyclic) bond motifs is 1. The van der Waals surface area contributed by atoms with E-state index in [1.54, 1.807) is 24.3 Å². The zero-order valence-electron chi connectivity index (χ0n) is 17.3. The van der Waals surface area contributed by atoms with Crippen molar-refractivity contribution in [3.8, 4) is 0 Å². The number of carbonyl (C=O) groups excluding carboxylic acids is 2. The standard InChI is InChI=1S/C24H26O4Si/c1-5-16-19(15-11-7-6-8-12-15)20-21(25)17-13-9-10-14-18(17)22(26)23(20)27-24(16)28-29(2,3)4/h6-14,16,19,24H,5H2,1-4H3/t16-,19-,24-/m1/s1. The maximum absolute atomic E-state index is 13.5. The van der Waals surface area contributed by atoms with Crippen LogP contribution in [0.1, 0.15) is 45.5 Å². The van der Waals surface area contributed by atoms with Crippen LogP contribution in [-0.4, -0.2) is 26.2 Å². The molecular formula is C24H26O4Si. The summed E-state index contributed by atoms with van der Waals surface area (Å²) in [5.74, 6) is -0.472. The lowest BCUT2D eigenvalue weighted by Crippen LogP contribution is -2.46. The van der Waals surface area contributed by atoms with E-state index in [0.717, 1.165) is 12.0 Å². The van der Waals surface area contributed by atoms with Crippen molar-refractivity contribution >= 4 is 19.9 Å². The molecule has 5 heteroatoms. The molecule has 0 spiro atoms. The zero-order chi connectivity index (χ0) is 20.8. The van der Waals surface area contributed by atoms with Gasteiger partial charge in [0.05, 0.1) is 5.57 Å². The van der Waals surface area contributed by atoms with Crippen LogP contribution in [0.2, 0.25) is 19.6 Å². The van der Waals surface area contributed by atoms with Crippen LogP contribution in [0, 0.1) is 5.92 Å². The normalized spacial score (nSPS) is 24.1. The molecule has 0 unspecified atom stereocenters. The lowest BCUT2D eigenvalue weighted by atomic mass is 9.71. The van der Waals surface area contributed by atoms with E-state index in [2.05, 4.69) is 26.6 Å². The number of ketones is 2. The molecule has 0 bridgehead atoms. The van der Waals surface area contributed by atoms with Gasteiger partial charge in [0, 0.05) is 23.0 Å². The Kier molecular flexibility index (Phi) is 5.05. The summed E-state index contributed by atoms with van der Waals surface area (Å²) in [7, 11) is -1.94. The molecule has 0 saturated heterocycles. The van der Waals surface area contributed by atoms with Crippen LogP contribution in [0.4, 0.5) is 0 Å². The van der Waals surface area contributed by atoms with E-state index in [9.17, 15) is 9.59 Å². The number of allylic oxidation sites excluding steroid dienone is 2. The maximum Gasteiger partial charge on any atom is 0.228 e. The average Bonchev–Trinajstić information content (AvgIpc) is 2.70. The largest absolute Gasteiger partial charge is 0.461 e. The van der Waals surface area contributed by atoms with E-state index in [-0.39, 0.29) is 29.2 Å². The minimum Gasteiger partial charge on any atom is -0.461 e. The van der Waals surface area contributed by atoms with Gasteiger partial charge in [0.1, 0.15) is 0 Å². The van der Waals surface area contributed by atoms with Crippen molar-refractivity contribution in [2.75, 3.05) is 0 Å². The van der Waals surface area contributed by atoms with E-state index in [1.807, 2.05) is 30.3 Å². The van der Waals surface area contributed by atoms with E-state index in [0.29, 0.717) is 16.7 Å². The van der Waals surface area contributed by atoms with Gasteiger partial charge < -0.3 is 9.16 Å². The zero-order valence-corrected chi connectivity index (χ0v) is 18.3. The van der Waals surface area contributed by atoms with Crippen molar-refractivity contribution in [3.05, 3.63) is 82.6 Å². The summed E-state index contributed by atoms with van der Waals surface area (Å²) in [6.45, 7) is 8.40. The molecule has 29 heavy (non-hydrogen) atoms. The van der Waals surface area contributed by atoms with Gasteiger partial charge in [-0.1, -0.05) is 61.5 Å². The topological polar surface area (TPSA) is 52.6 Å². The van der Waals surface area contributed by atoms with Gasteiger partial charge in [0.15, 0.2) is 26.1 Å². The fraction of sp³-hybridized carbons (Fsp3) is 0.333. The first-order valence-electron chi connectivity index (χ1n) is 10.1. The molecule has 3 atom stereocenters. The van der Waals surface area contributed by atoms with Gasteiger partial charge >= 0.3 is 0 Å². The first-order chi connectivity index (χ1) is 13.8. The molecule has 1 heterocycles. The first kappa shape index (κ1) is 19.8. The third-order valence-electron chi connectivity index (χ3n) is 5.53. The molecule has 2 aliphatic rings. The maximum atomic E-state index is 13.5. The predicted molar refractivity (Wildman–Crippen MR) is 114 cm³/mol. The van der Waals surface area contributed by atoms with E-state index in [1.165, 1.54) is 0 Å². The summed E-state index contributed by atoms with van der Waals surface area (Å²) in [6, 6.07) is 16.9. The Labute approximate surface area is 172 Å². The molecule has 150 valence electrons. The Morgan fingerprint density at radius 2 is 1.48 bits per heavy atom. The molecule has 4 nitrogen and oxygen atoms in total. The summed E-state index contributed by atoms with van der Waals surface area (Å²) in [5, 5.41) is 0. The Balaban J connectivity index is 1.91. The molecule has 4 rings (SSSR count). The summed E-state index contributed by atoms with van der Waals surface area (Å²) in [4.78, 5) is 26.8. The van der Waals surface area contributed by atoms with E-state index in [4.69, 9.17) is 9.16 Å². The molecule has 0 N–H and O–H groups in total. The molecule has 0 saturated carbocycles. The van der Waals surface area contributed by atoms with Crippen LogP contribution in [0.3, 0.4) is 0 Å². The van der Waals surface area contributed by atoms with Crippen molar-refractivity contribution in [2.45, 2.75) is 45.2 Å². The van der Waals surface area contributed by atoms with Gasteiger partial charge in [-0.3, -0.25) is 9.59 Å². The third-order valence-corrected chi connectivity index (χ3v) is 6.47. The predicted octanol–water partition coefficient (Wildman–Crippen LogP) is 5.34. The molecule has 1 aliphatic carbocycles. The fourth-order valence-electron chi connectivity index (χ4n) is 4.31. The van der Waals surface area contributed by atoms with Crippen LogP contribution in [-0.2, 0) is 9.16 Å². The van der Waals surface area contributed by atoms with Crippen molar-refractivity contribution < 1.29 is 18.8 Å². The second kappa shape index (κ2) is 7.39. The van der Waals surface area contributed by atoms with E-state index < -0.39 is 14.6 Å². The van der Waals surface area contributed by atoms with Crippen LogP contribution >= 0.6 is 0 Å². The van der Waals surface area contributed by atoms with Crippen molar-refractivity contribution in [1.82, 2.24) is 0 Å². The summed E-state index contributed by atoms with van der Waals surface area (Å²) in [6.07, 6.45) is 0.229. The van der Waals surface area contributed by atoms with Crippen LogP contribution < -0.4 is 0 Å².